The van der Waals surface area contributed by atoms with Crippen LogP contribution in [0, 0.1) is 5.82 Å². The van der Waals surface area contributed by atoms with Gasteiger partial charge in [-0.1, -0.05) is 12.1 Å². The van der Waals surface area contributed by atoms with E-state index in [0.29, 0.717) is 12.1 Å². The topological polar surface area (TPSA) is 70.6 Å². The molecule has 1 aromatic carbocycles. The van der Waals surface area contributed by atoms with Gasteiger partial charge in [0.1, 0.15) is 5.60 Å². The number of amides is 1. The third-order valence-electron chi connectivity index (χ3n) is 3.12. The smallest absolute Gasteiger partial charge is 0.407 e. The molecule has 0 bridgehead atoms. The number of phenols is 1. The van der Waals surface area contributed by atoms with Crippen molar-refractivity contribution in [3.63, 3.8) is 0 Å². The molecule has 6 heteroatoms. The van der Waals surface area contributed by atoms with E-state index >= 15 is 0 Å². The van der Waals surface area contributed by atoms with Gasteiger partial charge >= 0.3 is 6.09 Å². The van der Waals surface area contributed by atoms with E-state index in [1.165, 1.54) is 6.07 Å². The second-order valence-corrected chi connectivity index (χ2v) is 6.22. The summed E-state index contributed by atoms with van der Waals surface area (Å²) in [6, 6.07) is 4.54. The van der Waals surface area contributed by atoms with Gasteiger partial charge in [-0.25, -0.2) is 9.18 Å². The van der Waals surface area contributed by atoms with Gasteiger partial charge in [-0.2, -0.15) is 0 Å². The number of nitrogens with one attached hydrogen (secondary N) is 2. The number of hydrogen-bond acceptors (Lipinski definition) is 4. The van der Waals surface area contributed by atoms with Crippen LogP contribution in [-0.2, 0) is 11.3 Å². The summed E-state index contributed by atoms with van der Waals surface area (Å²) in [4.78, 5) is 11.6. The van der Waals surface area contributed by atoms with Gasteiger partial charge in [-0.05, 0) is 33.3 Å². The fraction of sp³-hybridized carbons (Fsp3) is 0.533. The standard InChI is InChI=1S/C15H21FN2O3/c1-15(2,3)21-14(20)18-12-7-11(12)17-8-9-5-4-6-10(16)13(9)19/h4-6,11-12,17,19H,7-8H2,1-3H3,(H,18,20). The highest BCUT2D eigenvalue weighted by Gasteiger charge is 2.39. The molecule has 1 aliphatic carbocycles. The molecule has 0 spiro atoms. The van der Waals surface area contributed by atoms with Gasteiger partial charge in [-0.3, -0.25) is 0 Å². The first-order chi connectivity index (χ1) is 9.76. The van der Waals surface area contributed by atoms with Crippen molar-refractivity contribution in [2.75, 3.05) is 0 Å². The van der Waals surface area contributed by atoms with Gasteiger partial charge in [0.2, 0.25) is 0 Å². The number of alkyl carbamates (subject to hydrolysis) is 1. The normalized spacial score (nSPS) is 21.0. The molecule has 21 heavy (non-hydrogen) atoms. The maximum absolute atomic E-state index is 13.2. The summed E-state index contributed by atoms with van der Waals surface area (Å²) < 4.78 is 18.3. The lowest BCUT2D eigenvalue weighted by Gasteiger charge is -2.19. The number of ether oxygens (including phenoxy) is 1. The van der Waals surface area contributed by atoms with Crippen LogP contribution in [0.4, 0.5) is 9.18 Å². The van der Waals surface area contributed by atoms with Crippen molar-refractivity contribution in [3.8, 4) is 5.75 Å². The molecule has 2 atom stereocenters. The Bertz CT molecular complexity index is 528. The first-order valence-electron chi connectivity index (χ1n) is 6.95. The molecule has 1 saturated carbocycles. The largest absolute Gasteiger partial charge is 0.505 e. The van der Waals surface area contributed by atoms with Crippen molar-refractivity contribution in [2.24, 2.45) is 0 Å². The minimum atomic E-state index is -0.631. The number of carbonyl (C=O) groups is 1. The Balaban J connectivity index is 1.75. The fourth-order valence-corrected chi connectivity index (χ4v) is 1.98. The van der Waals surface area contributed by atoms with Gasteiger partial charge < -0.3 is 20.5 Å². The summed E-state index contributed by atoms with van der Waals surface area (Å²) in [5.41, 5.74) is -0.0205. The highest BCUT2D eigenvalue weighted by Crippen LogP contribution is 2.25. The summed E-state index contributed by atoms with van der Waals surface area (Å²) >= 11 is 0. The van der Waals surface area contributed by atoms with Crippen LogP contribution >= 0.6 is 0 Å². The zero-order chi connectivity index (χ0) is 15.6. The molecule has 0 heterocycles. The molecule has 5 nitrogen and oxygen atoms in total. The molecule has 0 aromatic heterocycles. The number of para-hydroxylation sites is 1. The fourth-order valence-electron chi connectivity index (χ4n) is 1.98. The van der Waals surface area contributed by atoms with Crippen LogP contribution in [0.25, 0.3) is 0 Å². The van der Waals surface area contributed by atoms with Crippen LogP contribution in [0.3, 0.4) is 0 Å². The van der Waals surface area contributed by atoms with Gasteiger partial charge in [0.25, 0.3) is 0 Å². The minimum absolute atomic E-state index is 0.00977. The number of halogens is 1. The zero-order valence-corrected chi connectivity index (χ0v) is 12.4. The van der Waals surface area contributed by atoms with Crippen LogP contribution in [0.5, 0.6) is 5.75 Å². The van der Waals surface area contributed by atoms with Crippen molar-refractivity contribution in [1.82, 2.24) is 10.6 Å². The molecular formula is C15H21FN2O3. The number of carbonyl (C=O) groups excluding carboxylic acids is 1. The summed E-state index contributed by atoms with van der Waals surface area (Å²) in [6.07, 6.45) is 0.348. The highest BCUT2D eigenvalue weighted by molar-refractivity contribution is 5.68. The van der Waals surface area contributed by atoms with E-state index < -0.39 is 17.5 Å². The average molecular weight is 296 g/mol. The Kier molecular flexibility index (Phi) is 4.37. The Hall–Kier alpha value is -1.82. The van der Waals surface area contributed by atoms with Crippen LogP contribution in [0.1, 0.15) is 32.8 Å². The molecule has 1 aliphatic rings. The second kappa shape index (κ2) is 5.89. The summed E-state index contributed by atoms with van der Waals surface area (Å²) in [5, 5.41) is 15.5. The van der Waals surface area contributed by atoms with E-state index in [-0.39, 0.29) is 17.8 Å². The van der Waals surface area contributed by atoms with Crippen molar-refractivity contribution in [1.29, 1.82) is 0 Å². The lowest BCUT2D eigenvalue weighted by molar-refractivity contribution is 0.0522. The molecule has 3 N–H and O–H groups in total. The molecular weight excluding hydrogens is 275 g/mol. The monoisotopic (exact) mass is 296 g/mol. The Morgan fingerprint density at radius 3 is 2.81 bits per heavy atom. The lowest BCUT2D eigenvalue weighted by Crippen LogP contribution is -2.36. The second-order valence-electron chi connectivity index (χ2n) is 6.22. The van der Waals surface area contributed by atoms with Gasteiger partial charge in [0.05, 0.1) is 0 Å². The van der Waals surface area contributed by atoms with Crippen molar-refractivity contribution >= 4 is 6.09 Å². The third kappa shape index (κ3) is 4.60. The van der Waals surface area contributed by atoms with E-state index in [4.69, 9.17) is 4.74 Å². The van der Waals surface area contributed by atoms with Crippen LogP contribution < -0.4 is 10.6 Å². The number of rotatable bonds is 4. The van der Waals surface area contributed by atoms with Crippen molar-refractivity contribution in [3.05, 3.63) is 29.6 Å². The molecule has 2 rings (SSSR count). The third-order valence-corrected chi connectivity index (χ3v) is 3.12. The van der Waals surface area contributed by atoms with Crippen LogP contribution in [0.2, 0.25) is 0 Å². The van der Waals surface area contributed by atoms with Crippen molar-refractivity contribution < 1.29 is 19.0 Å². The molecule has 0 aliphatic heterocycles. The Labute approximate surface area is 123 Å². The number of hydrogen-bond donors (Lipinski definition) is 3. The van der Waals surface area contributed by atoms with Crippen LogP contribution in [0.15, 0.2) is 18.2 Å². The molecule has 116 valence electrons. The minimum Gasteiger partial charge on any atom is -0.505 e. The highest BCUT2D eigenvalue weighted by atomic mass is 19.1. The van der Waals surface area contributed by atoms with Crippen molar-refractivity contribution in [2.45, 2.75) is 51.4 Å². The van der Waals surface area contributed by atoms with E-state index in [9.17, 15) is 14.3 Å². The predicted molar refractivity (Wildman–Crippen MR) is 76.5 cm³/mol. The first kappa shape index (κ1) is 15.6. The van der Waals surface area contributed by atoms with E-state index in [2.05, 4.69) is 10.6 Å². The van der Waals surface area contributed by atoms with Gasteiger partial charge in [-0.15, -0.1) is 0 Å². The maximum Gasteiger partial charge on any atom is 0.407 e. The zero-order valence-electron chi connectivity index (χ0n) is 12.4. The first-order valence-corrected chi connectivity index (χ1v) is 6.95. The van der Waals surface area contributed by atoms with E-state index in [0.717, 1.165) is 6.42 Å². The van der Waals surface area contributed by atoms with Gasteiger partial charge in [0, 0.05) is 24.2 Å². The SMILES string of the molecule is CC(C)(C)OC(=O)NC1CC1NCc1cccc(F)c1O. The number of aromatic hydroxyl groups is 1. The summed E-state index contributed by atoms with van der Waals surface area (Å²) in [7, 11) is 0. The Morgan fingerprint density at radius 1 is 1.43 bits per heavy atom. The molecule has 1 amide bonds. The maximum atomic E-state index is 13.2. The molecule has 2 unspecified atom stereocenters. The van der Waals surface area contributed by atoms with Crippen LogP contribution in [-0.4, -0.2) is 28.9 Å². The predicted octanol–water partition coefficient (Wildman–Crippen LogP) is 2.29. The average Bonchev–Trinajstić information content (AvgIpc) is 3.07. The molecule has 0 saturated heterocycles. The lowest BCUT2D eigenvalue weighted by atomic mass is 10.2. The molecule has 0 radical (unpaired) electrons. The summed E-state index contributed by atoms with van der Waals surface area (Å²) in [5.74, 6) is -0.962. The quantitative estimate of drug-likeness (QED) is 0.797. The van der Waals surface area contributed by atoms with Gasteiger partial charge in [0.15, 0.2) is 11.6 Å². The number of phenolic OH excluding ortho intramolecular Hbond substituents is 1. The molecule has 1 fully saturated rings. The van der Waals surface area contributed by atoms with E-state index in [1.54, 1.807) is 12.1 Å². The number of benzene rings is 1. The van der Waals surface area contributed by atoms with E-state index in [1.807, 2.05) is 20.8 Å². The Morgan fingerprint density at radius 2 is 2.14 bits per heavy atom. The summed E-state index contributed by atoms with van der Waals surface area (Å²) in [6.45, 7) is 5.77. The molecule has 1 aromatic rings.